The van der Waals surface area contributed by atoms with Gasteiger partial charge in [-0.2, -0.15) is 5.10 Å². The largest absolute Gasteiger partial charge is 0.507 e. The molecule has 2 heterocycles. The van der Waals surface area contributed by atoms with Gasteiger partial charge >= 0.3 is 0 Å². The van der Waals surface area contributed by atoms with Gasteiger partial charge in [0.25, 0.3) is 0 Å². The minimum Gasteiger partial charge on any atom is -0.507 e. The molecule has 25 heavy (non-hydrogen) atoms. The Morgan fingerprint density at radius 1 is 1.40 bits per heavy atom. The first-order valence-electron chi connectivity index (χ1n) is 7.50. The summed E-state index contributed by atoms with van der Waals surface area (Å²) in [4.78, 5) is 5.14. The third kappa shape index (κ3) is 3.72. The molecule has 0 aliphatic carbocycles. The highest BCUT2D eigenvalue weighted by atomic mass is 32.1. The number of ether oxygens (including phenoxy) is 1. The summed E-state index contributed by atoms with van der Waals surface area (Å²) in [7, 11) is 1.57. The molecule has 1 N–H and O–H groups in total. The van der Waals surface area contributed by atoms with Crippen LogP contribution in [0.15, 0.2) is 69.1 Å². The predicted molar refractivity (Wildman–Crippen MR) is 98.3 cm³/mol. The molecule has 3 rings (SSSR count). The minimum absolute atomic E-state index is 0.115. The highest BCUT2D eigenvalue weighted by Gasteiger charge is 2.10. The number of rotatable bonds is 6. The van der Waals surface area contributed by atoms with Crippen LogP contribution in [-0.4, -0.2) is 29.7 Å². The molecule has 0 unspecified atom stereocenters. The van der Waals surface area contributed by atoms with E-state index in [1.54, 1.807) is 48.5 Å². The van der Waals surface area contributed by atoms with E-state index >= 15 is 0 Å². The molecule has 0 saturated carbocycles. The average Bonchev–Trinajstić information content (AvgIpc) is 3.28. The fraction of sp³-hybridized carbons (Fsp3) is 0.111. The van der Waals surface area contributed by atoms with E-state index in [1.807, 2.05) is 17.5 Å². The summed E-state index contributed by atoms with van der Waals surface area (Å²) < 4.78 is 12.3. The first-order valence-corrected chi connectivity index (χ1v) is 8.38. The van der Waals surface area contributed by atoms with E-state index in [-0.39, 0.29) is 5.75 Å². The standard InChI is InChI=1S/C18H17N3O3S/c1-3-8-19-18-21(15(12-25-18)17-5-4-9-24-17)20-11-13-10-14(23-2)6-7-16(13)22/h3-7,9-12,22H,1,8H2,2H3. The van der Waals surface area contributed by atoms with Crippen molar-refractivity contribution in [3.05, 3.63) is 65.0 Å². The zero-order valence-electron chi connectivity index (χ0n) is 13.6. The Bertz CT molecular complexity index is 952. The number of phenolic OH excluding ortho intramolecular Hbond substituents is 1. The first-order chi connectivity index (χ1) is 12.2. The van der Waals surface area contributed by atoms with Gasteiger partial charge in [-0.3, -0.25) is 4.99 Å². The fourth-order valence-electron chi connectivity index (χ4n) is 2.14. The van der Waals surface area contributed by atoms with E-state index < -0.39 is 0 Å². The van der Waals surface area contributed by atoms with Gasteiger partial charge in [0.15, 0.2) is 5.76 Å². The Morgan fingerprint density at radius 2 is 2.28 bits per heavy atom. The van der Waals surface area contributed by atoms with E-state index in [0.717, 1.165) is 5.69 Å². The van der Waals surface area contributed by atoms with E-state index in [4.69, 9.17) is 9.15 Å². The summed E-state index contributed by atoms with van der Waals surface area (Å²) >= 11 is 1.45. The van der Waals surface area contributed by atoms with Gasteiger partial charge in [0.2, 0.25) is 4.80 Å². The van der Waals surface area contributed by atoms with Gasteiger partial charge in [-0.25, -0.2) is 4.68 Å². The summed E-state index contributed by atoms with van der Waals surface area (Å²) in [6.07, 6.45) is 4.88. The van der Waals surface area contributed by atoms with Crippen LogP contribution in [0.1, 0.15) is 5.56 Å². The maximum absolute atomic E-state index is 10.0. The average molecular weight is 355 g/mol. The molecular weight excluding hydrogens is 338 g/mol. The summed E-state index contributed by atoms with van der Waals surface area (Å²) in [5.41, 5.74) is 1.31. The third-order valence-electron chi connectivity index (χ3n) is 3.36. The van der Waals surface area contributed by atoms with E-state index in [0.29, 0.717) is 28.4 Å². The molecule has 0 saturated heterocycles. The van der Waals surface area contributed by atoms with Gasteiger partial charge < -0.3 is 14.3 Å². The molecule has 0 amide bonds. The van der Waals surface area contributed by atoms with Gasteiger partial charge in [0.1, 0.15) is 17.2 Å². The Balaban J connectivity index is 2.06. The fourth-order valence-corrected chi connectivity index (χ4v) is 2.97. The topological polar surface area (TPSA) is 72.2 Å². The van der Waals surface area contributed by atoms with Crippen LogP contribution < -0.4 is 9.54 Å². The smallest absolute Gasteiger partial charge is 0.206 e. The molecule has 128 valence electrons. The normalized spacial score (nSPS) is 12.0. The highest BCUT2D eigenvalue weighted by molar-refractivity contribution is 7.07. The maximum atomic E-state index is 10.0. The van der Waals surface area contributed by atoms with E-state index in [2.05, 4.69) is 16.7 Å². The second kappa shape index (κ2) is 7.67. The minimum atomic E-state index is 0.115. The van der Waals surface area contributed by atoms with E-state index in [1.165, 1.54) is 11.3 Å². The molecule has 0 atom stereocenters. The zero-order valence-corrected chi connectivity index (χ0v) is 14.4. The van der Waals surface area contributed by atoms with Crippen molar-refractivity contribution in [2.45, 2.75) is 0 Å². The number of furan rings is 1. The molecular formula is C18H17N3O3S. The van der Waals surface area contributed by atoms with Crippen molar-refractivity contribution in [2.75, 3.05) is 13.7 Å². The van der Waals surface area contributed by atoms with Crippen LogP contribution in [-0.2, 0) is 0 Å². The van der Waals surface area contributed by atoms with Crippen LogP contribution in [0.25, 0.3) is 11.5 Å². The molecule has 0 spiro atoms. The molecule has 0 bridgehead atoms. The number of thiazole rings is 1. The number of aromatic nitrogens is 1. The van der Waals surface area contributed by atoms with E-state index in [9.17, 15) is 5.11 Å². The molecule has 0 fully saturated rings. The lowest BCUT2D eigenvalue weighted by atomic mass is 10.2. The number of benzene rings is 1. The lowest BCUT2D eigenvalue weighted by Gasteiger charge is -2.04. The summed E-state index contributed by atoms with van der Waals surface area (Å²) in [5.74, 6) is 1.44. The zero-order chi connectivity index (χ0) is 17.6. The van der Waals surface area contributed by atoms with Gasteiger partial charge in [0, 0.05) is 10.9 Å². The second-order valence-electron chi connectivity index (χ2n) is 4.99. The summed E-state index contributed by atoms with van der Waals surface area (Å²) in [6.45, 7) is 4.17. The van der Waals surface area contributed by atoms with Crippen molar-refractivity contribution in [1.29, 1.82) is 0 Å². The second-order valence-corrected chi connectivity index (χ2v) is 5.83. The monoisotopic (exact) mass is 355 g/mol. The third-order valence-corrected chi connectivity index (χ3v) is 4.22. The predicted octanol–water partition coefficient (Wildman–Crippen LogP) is 3.49. The van der Waals surface area contributed by atoms with Crippen LogP contribution in [0.3, 0.4) is 0 Å². The van der Waals surface area contributed by atoms with Gasteiger partial charge in [-0.05, 0) is 30.3 Å². The van der Waals surface area contributed by atoms with Crippen LogP contribution >= 0.6 is 11.3 Å². The van der Waals surface area contributed by atoms with Gasteiger partial charge in [-0.15, -0.1) is 17.9 Å². The number of phenols is 1. The lowest BCUT2D eigenvalue weighted by Crippen LogP contribution is -2.12. The Hall–Kier alpha value is -3.06. The quantitative estimate of drug-likeness (QED) is 0.543. The van der Waals surface area contributed by atoms with Crippen molar-refractivity contribution in [1.82, 2.24) is 4.68 Å². The Kier molecular flexibility index (Phi) is 5.15. The SMILES string of the molecule is C=CCN=c1scc(-c2ccco2)n1N=Cc1cc(OC)ccc1O. The van der Waals surface area contributed by atoms with Crippen molar-refractivity contribution < 1.29 is 14.3 Å². The number of aromatic hydroxyl groups is 1. The van der Waals surface area contributed by atoms with Crippen molar-refractivity contribution >= 4 is 17.6 Å². The number of hydrogen-bond acceptors (Lipinski definition) is 6. The summed E-state index contributed by atoms with van der Waals surface area (Å²) in [5, 5.41) is 16.4. The first kappa shape index (κ1) is 16.8. The van der Waals surface area contributed by atoms with Crippen LogP contribution in [0.4, 0.5) is 0 Å². The van der Waals surface area contributed by atoms with Crippen LogP contribution in [0.5, 0.6) is 11.5 Å². The molecule has 1 aromatic carbocycles. The molecule has 2 aromatic heterocycles. The maximum Gasteiger partial charge on any atom is 0.206 e. The van der Waals surface area contributed by atoms with Crippen LogP contribution in [0, 0.1) is 0 Å². The highest BCUT2D eigenvalue weighted by Crippen LogP contribution is 2.23. The van der Waals surface area contributed by atoms with Crippen molar-refractivity contribution in [3.63, 3.8) is 0 Å². The van der Waals surface area contributed by atoms with Crippen LogP contribution in [0.2, 0.25) is 0 Å². The molecule has 0 aliphatic rings. The molecule has 7 heteroatoms. The van der Waals surface area contributed by atoms with Gasteiger partial charge in [-0.1, -0.05) is 6.08 Å². The number of methoxy groups -OCH3 is 1. The number of hydrogen-bond donors (Lipinski definition) is 1. The molecule has 6 nitrogen and oxygen atoms in total. The Morgan fingerprint density at radius 3 is 3.00 bits per heavy atom. The Labute approximate surface area is 148 Å². The van der Waals surface area contributed by atoms with Gasteiger partial charge in [0.05, 0.1) is 26.1 Å². The van der Waals surface area contributed by atoms with Crippen molar-refractivity contribution in [2.24, 2.45) is 10.1 Å². The summed E-state index contributed by atoms with van der Waals surface area (Å²) in [6, 6.07) is 8.63. The molecule has 0 aliphatic heterocycles. The molecule has 3 aromatic rings. The number of nitrogens with zero attached hydrogens (tertiary/aromatic N) is 3. The van der Waals surface area contributed by atoms with Crippen molar-refractivity contribution in [3.8, 4) is 23.0 Å². The molecule has 0 radical (unpaired) electrons. The lowest BCUT2D eigenvalue weighted by molar-refractivity contribution is 0.412.